The van der Waals surface area contributed by atoms with Crippen molar-refractivity contribution < 1.29 is 18.0 Å². The number of nitrogens with one attached hydrogen (secondary N) is 1. The molecule has 0 aliphatic carbocycles. The number of anilines is 1. The van der Waals surface area contributed by atoms with Gasteiger partial charge in [-0.05, 0) is 31.4 Å². The lowest BCUT2D eigenvalue weighted by Gasteiger charge is -2.39. The smallest absolute Gasteiger partial charge is 0.368 e. The molecule has 0 radical (unpaired) electrons. The Labute approximate surface area is 201 Å². The molecular formula is C23H29F3N6OS. The third-order valence-corrected chi connectivity index (χ3v) is 7.17. The summed E-state index contributed by atoms with van der Waals surface area (Å²) in [6, 6.07) is 5.72. The molecule has 0 bridgehead atoms. The molecule has 2 aliphatic heterocycles. The molecule has 0 aromatic carbocycles. The van der Waals surface area contributed by atoms with Gasteiger partial charge < -0.3 is 15.1 Å². The van der Waals surface area contributed by atoms with Crippen molar-refractivity contribution >= 4 is 23.1 Å². The molecule has 2 aliphatic rings. The first-order chi connectivity index (χ1) is 16.3. The summed E-state index contributed by atoms with van der Waals surface area (Å²) in [6.07, 6.45) is -0.340. The molecule has 1 N–H and O–H groups in total. The number of amides is 1. The van der Waals surface area contributed by atoms with Crippen LogP contribution in [0.1, 0.15) is 34.8 Å². The number of nitrogens with zero attached hydrogens (tertiary/aromatic N) is 5. The van der Waals surface area contributed by atoms with Gasteiger partial charge in [0, 0.05) is 56.9 Å². The summed E-state index contributed by atoms with van der Waals surface area (Å²) >= 11 is 1.49. The Balaban J connectivity index is 1.30. The van der Waals surface area contributed by atoms with Crippen molar-refractivity contribution in [2.24, 2.45) is 0 Å². The summed E-state index contributed by atoms with van der Waals surface area (Å²) in [5.41, 5.74) is -0.373. The first kappa shape index (κ1) is 24.5. The van der Waals surface area contributed by atoms with Crippen LogP contribution in [0.15, 0.2) is 42.1 Å². The molecule has 7 nitrogen and oxygen atoms in total. The van der Waals surface area contributed by atoms with E-state index in [0.717, 1.165) is 43.4 Å². The number of rotatable bonds is 6. The quantitative estimate of drug-likeness (QED) is 0.663. The van der Waals surface area contributed by atoms with Gasteiger partial charge in [0.1, 0.15) is 22.2 Å². The van der Waals surface area contributed by atoms with Gasteiger partial charge in [0.05, 0.1) is 6.54 Å². The maximum atomic E-state index is 12.9. The second kappa shape index (κ2) is 10.7. The average molecular weight is 495 g/mol. The van der Waals surface area contributed by atoms with Crippen LogP contribution < -0.4 is 10.2 Å². The van der Waals surface area contributed by atoms with Gasteiger partial charge in [-0.15, -0.1) is 11.3 Å². The molecule has 184 valence electrons. The zero-order chi connectivity index (χ0) is 24.1. The summed E-state index contributed by atoms with van der Waals surface area (Å²) in [6.45, 7) is 7.64. The molecule has 34 heavy (non-hydrogen) atoms. The molecule has 2 saturated heterocycles. The molecule has 0 atom stereocenters. The number of carbonyl (C=O) groups excluding carboxylic acids is 1. The fraction of sp³-hybridized carbons (Fsp3) is 0.522. The molecule has 0 spiro atoms. The number of halogens is 3. The first-order valence-electron chi connectivity index (χ1n) is 11.4. The van der Waals surface area contributed by atoms with Crippen LogP contribution in [-0.4, -0.2) is 77.2 Å². The highest BCUT2D eigenvalue weighted by molar-refractivity contribution is 7.09. The van der Waals surface area contributed by atoms with E-state index in [4.69, 9.17) is 0 Å². The summed E-state index contributed by atoms with van der Waals surface area (Å²) in [7, 11) is 0. The van der Waals surface area contributed by atoms with Crippen molar-refractivity contribution in [2.45, 2.75) is 38.0 Å². The van der Waals surface area contributed by atoms with E-state index in [-0.39, 0.29) is 11.9 Å². The fourth-order valence-electron chi connectivity index (χ4n) is 4.52. The topological polar surface area (TPSA) is 64.6 Å². The van der Waals surface area contributed by atoms with Crippen LogP contribution in [-0.2, 0) is 6.54 Å². The Morgan fingerprint density at radius 3 is 2.65 bits per heavy atom. The van der Waals surface area contributed by atoms with Crippen molar-refractivity contribution in [1.29, 1.82) is 0 Å². The Hall–Kier alpha value is -2.66. The van der Waals surface area contributed by atoms with Crippen LogP contribution in [0, 0.1) is 0 Å². The van der Waals surface area contributed by atoms with Crippen molar-refractivity contribution in [3.05, 3.63) is 52.8 Å². The molecule has 0 saturated carbocycles. The van der Waals surface area contributed by atoms with E-state index in [1.807, 2.05) is 17.5 Å². The summed E-state index contributed by atoms with van der Waals surface area (Å²) in [4.78, 5) is 27.2. The normalized spacial score (nSPS) is 18.6. The minimum Gasteiger partial charge on any atom is -0.368 e. The molecule has 2 aromatic rings. The number of aromatic nitrogens is 2. The highest BCUT2D eigenvalue weighted by atomic mass is 32.1. The van der Waals surface area contributed by atoms with Crippen LogP contribution in [0.5, 0.6) is 0 Å². The fourth-order valence-corrected chi connectivity index (χ4v) is 5.08. The van der Waals surface area contributed by atoms with Gasteiger partial charge in [0.2, 0.25) is 0 Å². The van der Waals surface area contributed by atoms with Crippen LogP contribution in [0.4, 0.5) is 19.0 Å². The number of allylic oxidation sites excluding steroid dienone is 1. The highest BCUT2D eigenvalue weighted by Gasteiger charge is 2.38. The Morgan fingerprint density at radius 2 is 1.94 bits per heavy atom. The van der Waals surface area contributed by atoms with Crippen LogP contribution >= 0.6 is 11.3 Å². The lowest BCUT2D eigenvalue weighted by molar-refractivity contribution is -0.113. The van der Waals surface area contributed by atoms with Crippen molar-refractivity contribution in [2.75, 3.05) is 44.2 Å². The van der Waals surface area contributed by atoms with Crippen LogP contribution in [0.3, 0.4) is 0 Å². The molecule has 4 rings (SSSR count). The minimum atomic E-state index is -4.37. The van der Waals surface area contributed by atoms with Crippen molar-refractivity contribution in [1.82, 2.24) is 25.1 Å². The maximum absolute atomic E-state index is 12.9. The third kappa shape index (κ3) is 6.06. The molecule has 2 fully saturated rings. The van der Waals surface area contributed by atoms with Gasteiger partial charge in [0.15, 0.2) is 0 Å². The number of thiazole rings is 1. The van der Waals surface area contributed by atoms with Gasteiger partial charge in [-0.2, -0.15) is 13.2 Å². The van der Waals surface area contributed by atoms with Gasteiger partial charge in [0.25, 0.3) is 5.91 Å². The average Bonchev–Trinajstić information content (AvgIpc) is 3.24. The van der Waals surface area contributed by atoms with E-state index in [0.29, 0.717) is 38.2 Å². The van der Waals surface area contributed by atoms with E-state index < -0.39 is 11.9 Å². The predicted octanol–water partition coefficient (Wildman–Crippen LogP) is 3.52. The van der Waals surface area contributed by atoms with E-state index in [2.05, 4.69) is 31.7 Å². The lowest BCUT2D eigenvalue weighted by Crippen LogP contribution is -2.47. The van der Waals surface area contributed by atoms with Crippen molar-refractivity contribution in [3.63, 3.8) is 0 Å². The molecule has 0 unspecified atom stereocenters. The third-order valence-electron chi connectivity index (χ3n) is 6.39. The number of piperidine rings is 1. The van der Waals surface area contributed by atoms with Gasteiger partial charge in [-0.3, -0.25) is 9.69 Å². The Morgan fingerprint density at radius 1 is 1.15 bits per heavy atom. The molecular weight excluding hydrogens is 465 g/mol. The SMILES string of the molecule is C=C(N1CCC(N2CCCN(c3cccc(C(=O)NCc4nccs4)n3)CC2)CC1)C(F)(F)F. The number of hydrogen-bond acceptors (Lipinski definition) is 7. The number of pyridine rings is 1. The highest BCUT2D eigenvalue weighted by Crippen LogP contribution is 2.30. The van der Waals surface area contributed by atoms with Crippen LogP contribution in [0.2, 0.25) is 0 Å². The van der Waals surface area contributed by atoms with Gasteiger partial charge in [-0.25, -0.2) is 9.97 Å². The van der Waals surface area contributed by atoms with Crippen LogP contribution in [0.25, 0.3) is 0 Å². The second-order valence-electron chi connectivity index (χ2n) is 8.53. The summed E-state index contributed by atoms with van der Waals surface area (Å²) in [5.74, 6) is 0.528. The standard InChI is InChI=1S/C23H29F3N6OS/c1-17(23(24,25)26)30-11-6-18(7-12-30)31-9-3-10-32(14-13-31)20-5-2-4-19(29-20)22(33)28-16-21-27-8-15-34-21/h2,4-5,8,15,18H,1,3,6-7,9-14,16H2,(H,28,33). The zero-order valence-corrected chi connectivity index (χ0v) is 19.7. The van der Waals surface area contributed by atoms with E-state index in [9.17, 15) is 18.0 Å². The lowest BCUT2D eigenvalue weighted by atomic mass is 10.0. The predicted molar refractivity (Wildman–Crippen MR) is 126 cm³/mol. The number of carbonyl (C=O) groups is 1. The molecule has 11 heteroatoms. The van der Waals surface area contributed by atoms with Crippen molar-refractivity contribution in [3.8, 4) is 0 Å². The van der Waals surface area contributed by atoms with Gasteiger partial charge >= 0.3 is 6.18 Å². The van der Waals surface area contributed by atoms with Gasteiger partial charge in [-0.1, -0.05) is 12.6 Å². The maximum Gasteiger partial charge on any atom is 0.430 e. The number of hydrogen-bond donors (Lipinski definition) is 1. The summed E-state index contributed by atoms with van der Waals surface area (Å²) in [5, 5.41) is 5.56. The monoisotopic (exact) mass is 494 g/mol. The Bertz CT molecular complexity index is 975. The number of likely N-dealkylation sites (tertiary alicyclic amines) is 1. The second-order valence-corrected chi connectivity index (χ2v) is 9.51. The number of alkyl halides is 3. The minimum absolute atomic E-state index is 0.235. The largest absolute Gasteiger partial charge is 0.430 e. The molecule has 2 aromatic heterocycles. The summed E-state index contributed by atoms with van der Waals surface area (Å²) < 4.78 is 38.8. The zero-order valence-electron chi connectivity index (χ0n) is 18.9. The molecule has 1 amide bonds. The van der Waals surface area contributed by atoms with E-state index in [1.54, 1.807) is 12.3 Å². The first-order valence-corrected chi connectivity index (χ1v) is 12.3. The molecule has 4 heterocycles. The van der Waals surface area contributed by atoms with E-state index >= 15 is 0 Å². The Kier molecular flexibility index (Phi) is 7.72. The van der Waals surface area contributed by atoms with E-state index in [1.165, 1.54) is 16.2 Å².